The number of rotatable bonds is 6. The van der Waals surface area contributed by atoms with Gasteiger partial charge in [0.25, 0.3) is 0 Å². The van der Waals surface area contributed by atoms with Gasteiger partial charge in [-0.25, -0.2) is 4.79 Å². The van der Waals surface area contributed by atoms with Crippen LogP contribution in [0.15, 0.2) is 12.2 Å². The van der Waals surface area contributed by atoms with Gasteiger partial charge in [0, 0.05) is 18.2 Å². The van der Waals surface area contributed by atoms with Gasteiger partial charge in [0.1, 0.15) is 0 Å². The third-order valence-corrected chi connectivity index (χ3v) is 3.06. The fourth-order valence-corrected chi connectivity index (χ4v) is 2.01. The minimum atomic E-state index is -0.442. The molecule has 0 aromatic rings. The van der Waals surface area contributed by atoms with Gasteiger partial charge >= 0.3 is 5.97 Å². The SMILES string of the molecule is CCCCOC(=O)/C=C\C(=O)NC1CCCCC1. The lowest BCUT2D eigenvalue weighted by molar-refractivity contribution is -0.138. The van der Waals surface area contributed by atoms with Crippen LogP contribution in [0.4, 0.5) is 0 Å². The second-order valence-electron chi connectivity index (χ2n) is 4.70. The molecule has 1 amide bonds. The Hall–Kier alpha value is -1.32. The van der Waals surface area contributed by atoms with Gasteiger partial charge in [-0.2, -0.15) is 0 Å². The topological polar surface area (TPSA) is 55.4 Å². The summed E-state index contributed by atoms with van der Waals surface area (Å²) in [6.07, 6.45) is 10.00. The first-order valence-corrected chi connectivity index (χ1v) is 6.87. The van der Waals surface area contributed by atoms with Crippen molar-refractivity contribution in [2.75, 3.05) is 6.61 Å². The number of amides is 1. The molecule has 0 atom stereocenters. The van der Waals surface area contributed by atoms with Gasteiger partial charge in [0.15, 0.2) is 0 Å². The molecule has 18 heavy (non-hydrogen) atoms. The van der Waals surface area contributed by atoms with Crippen molar-refractivity contribution < 1.29 is 14.3 Å². The van der Waals surface area contributed by atoms with Crippen molar-refractivity contribution in [1.29, 1.82) is 0 Å². The first-order chi connectivity index (χ1) is 8.72. The summed E-state index contributed by atoms with van der Waals surface area (Å²) in [5.41, 5.74) is 0. The molecular formula is C14H23NO3. The summed E-state index contributed by atoms with van der Waals surface area (Å²) in [5.74, 6) is -0.642. The van der Waals surface area contributed by atoms with Crippen molar-refractivity contribution in [3.05, 3.63) is 12.2 Å². The molecule has 1 rings (SSSR count). The largest absolute Gasteiger partial charge is 0.463 e. The van der Waals surface area contributed by atoms with Crippen molar-refractivity contribution in [3.63, 3.8) is 0 Å². The monoisotopic (exact) mass is 253 g/mol. The summed E-state index contributed by atoms with van der Waals surface area (Å²) in [6.45, 7) is 2.45. The molecule has 0 heterocycles. The smallest absolute Gasteiger partial charge is 0.330 e. The lowest BCUT2D eigenvalue weighted by Crippen LogP contribution is -2.35. The Morgan fingerprint density at radius 1 is 1.22 bits per heavy atom. The molecule has 0 aromatic heterocycles. The summed E-state index contributed by atoms with van der Waals surface area (Å²) in [7, 11) is 0. The maximum Gasteiger partial charge on any atom is 0.330 e. The lowest BCUT2D eigenvalue weighted by atomic mass is 9.95. The van der Waals surface area contributed by atoms with E-state index in [2.05, 4.69) is 5.32 Å². The Balaban J connectivity index is 2.19. The predicted octanol–water partition coefficient (Wildman–Crippen LogP) is 2.33. The van der Waals surface area contributed by atoms with Crippen LogP contribution in [0.1, 0.15) is 51.9 Å². The second kappa shape index (κ2) is 8.72. The van der Waals surface area contributed by atoms with Gasteiger partial charge in [-0.05, 0) is 19.3 Å². The highest BCUT2D eigenvalue weighted by molar-refractivity contribution is 5.94. The maximum atomic E-state index is 11.5. The Morgan fingerprint density at radius 3 is 2.61 bits per heavy atom. The molecule has 4 nitrogen and oxygen atoms in total. The average molecular weight is 253 g/mol. The average Bonchev–Trinajstić information content (AvgIpc) is 2.38. The van der Waals surface area contributed by atoms with E-state index in [1.54, 1.807) is 0 Å². The number of hydrogen-bond donors (Lipinski definition) is 1. The summed E-state index contributed by atoms with van der Waals surface area (Å²) >= 11 is 0. The summed E-state index contributed by atoms with van der Waals surface area (Å²) < 4.78 is 4.92. The molecule has 0 unspecified atom stereocenters. The van der Waals surface area contributed by atoms with Crippen LogP contribution >= 0.6 is 0 Å². The number of esters is 1. The van der Waals surface area contributed by atoms with Crippen LogP contribution in [-0.2, 0) is 14.3 Å². The van der Waals surface area contributed by atoms with Crippen LogP contribution in [0.25, 0.3) is 0 Å². The molecule has 0 aromatic carbocycles. The lowest BCUT2D eigenvalue weighted by Gasteiger charge is -2.21. The number of nitrogens with one attached hydrogen (secondary N) is 1. The van der Waals surface area contributed by atoms with Crippen LogP contribution in [0.3, 0.4) is 0 Å². The summed E-state index contributed by atoms with van der Waals surface area (Å²) in [5, 5.41) is 2.91. The minimum absolute atomic E-state index is 0.200. The van der Waals surface area contributed by atoms with Crippen LogP contribution in [0.2, 0.25) is 0 Å². The summed E-state index contributed by atoms with van der Waals surface area (Å²) in [6, 6.07) is 0.270. The van der Waals surface area contributed by atoms with Crippen molar-refractivity contribution in [1.82, 2.24) is 5.32 Å². The van der Waals surface area contributed by atoms with Crippen molar-refractivity contribution in [2.24, 2.45) is 0 Å². The van der Waals surface area contributed by atoms with E-state index in [-0.39, 0.29) is 11.9 Å². The Labute approximate surface area is 109 Å². The fraction of sp³-hybridized carbons (Fsp3) is 0.714. The number of carbonyl (C=O) groups is 2. The Bertz CT molecular complexity index is 293. The van der Waals surface area contributed by atoms with E-state index in [0.717, 1.165) is 25.7 Å². The highest BCUT2D eigenvalue weighted by Gasteiger charge is 2.14. The molecule has 102 valence electrons. The van der Waals surface area contributed by atoms with Gasteiger partial charge in [-0.3, -0.25) is 4.79 Å². The molecule has 0 bridgehead atoms. The second-order valence-corrected chi connectivity index (χ2v) is 4.70. The predicted molar refractivity (Wildman–Crippen MR) is 70.0 cm³/mol. The highest BCUT2D eigenvalue weighted by atomic mass is 16.5. The van der Waals surface area contributed by atoms with Gasteiger partial charge in [-0.15, -0.1) is 0 Å². The maximum absolute atomic E-state index is 11.5. The number of hydrogen-bond acceptors (Lipinski definition) is 3. The van der Waals surface area contributed by atoms with E-state index >= 15 is 0 Å². The van der Waals surface area contributed by atoms with E-state index in [4.69, 9.17) is 4.74 Å². The molecule has 0 aliphatic heterocycles. The van der Waals surface area contributed by atoms with Gasteiger partial charge < -0.3 is 10.1 Å². The standard InChI is InChI=1S/C14H23NO3/c1-2-3-11-18-14(17)10-9-13(16)15-12-7-5-4-6-8-12/h9-10,12H,2-8,11H2,1H3,(H,15,16)/b10-9-. The van der Waals surface area contributed by atoms with Crippen LogP contribution in [-0.4, -0.2) is 24.5 Å². The molecule has 1 fully saturated rings. The van der Waals surface area contributed by atoms with Crippen LogP contribution < -0.4 is 5.32 Å². The zero-order valence-corrected chi connectivity index (χ0v) is 11.1. The molecule has 0 radical (unpaired) electrons. The number of carbonyl (C=O) groups excluding carboxylic acids is 2. The van der Waals surface area contributed by atoms with E-state index in [9.17, 15) is 9.59 Å². The number of unbranched alkanes of at least 4 members (excludes halogenated alkanes) is 1. The first-order valence-electron chi connectivity index (χ1n) is 6.87. The molecule has 0 spiro atoms. The first kappa shape index (κ1) is 14.7. The van der Waals surface area contributed by atoms with Crippen LogP contribution in [0.5, 0.6) is 0 Å². The molecule has 0 saturated heterocycles. The van der Waals surface area contributed by atoms with Gasteiger partial charge in [0.2, 0.25) is 5.91 Å². The third-order valence-electron chi connectivity index (χ3n) is 3.06. The van der Waals surface area contributed by atoms with E-state index < -0.39 is 5.97 Å². The zero-order chi connectivity index (χ0) is 13.2. The molecular weight excluding hydrogens is 230 g/mol. The normalized spacial score (nSPS) is 16.7. The van der Waals surface area contributed by atoms with E-state index in [1.165, 1.54) is 31.4 Å². The highest BCUT2D eigenvalue weighted by Crippen LogP contribution is 2.17. The van der Waals surface area contributed by atoms with E-state index in [1.807, 2.05) is 6.92 Å². The Morgan fingerprint density at radius 2 is 1.94 bits per heavy atom. The fourth-order valence-electron chi connectivity index (χ4n) is 2.01. The molecule has 1 N–H and O–H groups in total. The van der Waals surface area contributed by atoms with Crippen LogP contribution in [0, 0.1) is 0 Å². The zero-order valence-electron chi connectivity index (χ0n) is 11.1. The van der Waals surface area contributed by atoms with Crippen molar-refractivity contribution in [3.8, 4) is 0 Å². The molecule has 1 aliphatic carbocycles. The van der Waals surface area contributed by atoms with Gasteiger partial charge in [-0.1, -0.05) is 32.6 Å². The third kappa shape index (κ3) is 6.42. The number of ether oxygens (including phenoxy) is 1. The van der Waals surface area contributed by atoms with E-state index in [0.29, 0.717) is 6.61 Å². The quantitative estimate of drug-likeness (QED) is 0.449. The molecule has 1 aliphatic rings. The molecule has 1 saturated carbocycles. The summed E-state index contributed by atoms with van der Waals surface area (Å²) in [4.78, 5) is 22.8. The van der Waals surface area contributed by atoms with Gasteiger partial charge in [0.05, 0.1) is 6.61 Å². The minimum Gasteiger partial charge on any atom is -0.463 e. The van der Waals surface area contributed by atoms with Crippen molar-refractivity contribution >= 4 is 11.9 Å². The Kier molecular flexibility index (Phi) is 7.14. The van der Waals surface area contributed by atoms with Crippen molar-refractivity contribution in [2.45, 2.75) is 57.9 Å². The molecule has 4 heteroatoms.